The van der Waals surface area contributed by atoms with E-state index in [2.05, 4.69) is 17.1 Å². The zero-order chi connectivity index (χ0) is 13.1. The number of fused-ring (bicyclic) bond motifs is 1. The van der Waals surface area contributed by atoms with Gasteiger partial charge < -0.3 is 14.8 Å². The molecule has 0 spiro atoms. The molecule has 0 bridgehead atoms. The van der Waals surface area contributed by atoms with E-state index in [-0.39, 0.29) is 6.29 Å². The van der Waals surface area contributed by atoms with Crippen molar-refractivity contribution in [2.24, 2.45) is 11.8 Å². The second-order valence-corrected chi connectivity index (χ2v) is 6.22. The summed E-state index contributed by atoms with van der Waals surface area (Å²) in [5, 5.41) is 3.54. The Labute approximate surface area is 116 Å². The van der Waals surface area contributed by atoms with Gasteiger partial charge in [-0.3, -0.25) is 4.90 Å². The molecule has 0 amide bonds. The molecule has 4 atom stereocenters. The molecule has 4 heteroatoms. The summed E-state index contributed by atoms with van der Waals surface area (Å²) < 4.78 is 11.5. The third-order valence-corrected chi connectivity index (χ3v) is 5.06. The molecule has 0 aromatic rings. The van der Waals surface area contributed by atoms with Crippen LogP contribution in [0.15, 0.2) is 0 Å². The van der Waals surface area contributed by atoms with Crippen LogP contribution in [0.4, 0.5) is 0 Å². The van der Waals surface area contributed by atoms with Crippen molar-refractivity contribution < 1.29 is 9.47 Å². The summed E-state index contributed by atoms with van der Waals surface area (Å²) in [4.78, 5) is 2.65. The number of rotatable bonds is 5. The molecule has 4 nitrogen and oxygen atoms in total. The van der Waals surface area contributed by atoms with Crippen LogP contribution in [0.1, 0.15) is 32.6 Å². The molecule has 3 fully saturated rings. The fraction of sp³-hybridized carbons (Fsp3) is 1.00. The first-order valence-electron chi connectivity index (χ1n) is 8.06. The molecule has 3 saturated heterocycles. The van der Waals surface area contributed by atoms with Gasteiger partial charge in [-0.2, -0.15) is 0 Å². The van der Waals surface area contributed by atoms with Crippen LogP contribution in [0, 0.1) is 11.8 Å². The van der Waals surface area contributed by atoms with Crippen LogP contribution in [0.3, 0.4) is 0 Å². The van der Waals surface area contributed by atoms with Gasteiger partial charge in [0.1, 0.15) is 0 Å². The first-order valence-corrected chi connectivity index (χ1v) is 8.06. The van der Waals surface area contributed by atoms with E-state index in [1.807, 2.05) is 0 Å². The topological polar surface area (TPSA) is 33.7 Å². The van der Waals surface area contributed by atoms with Gasteiger partial charge in [0.15, 0.2) is 6.29 Å². The van der Waals surface area contributed by atoms with Gasteiger partial charge in [0.2, 0.25) is 0 Å². The maximum Gasteiger partial charge on any atom is 0.157 e. The van der Waals surface area contributed by atoms with Gasteiger partial charge in [0.25, 0.3) is 0 Å². The lowest BCUT2D eigenvalue weighted by Gasteiger charge is -2.28. The van der Waals surface area contributed by atoms with Crippen LogP contribution in [-0.2, 0) is 9.47 Å². The third kappa shape index (κ3) is 3.13. The molecule has 3 aliphatic rings. The van der Waals surface area contributed by atoms with Crippen LogP contribution >= 0.6 is 0 Å². The molecule has 3 aliphatic heterocycles. The van der Waals surface area contributed by atoms with E-state index >= 15 is 0 Å². The summed E-state index contributed by atoms with van der Waals surface area (Å²) in [6.45, 7) is 8.78. The molecule has 110 valence electrons. The van der Waals surface area contributed by atoms with Crippen molar-refractivity contribution in [3.63, 3.8) is 0 Å². The van der Waals surface area contributed by atoms with Crippen molar-refractivity contribution in [1.29, 1.82) is 0 Å². The highest BCUT2D eigenvalue weighted by molar-refractivity contribution is 4.97. The average Bonchev–Trinajstić information content (AvgIpc) is 3.00. The molecule has 0 aliphatic carbocycles. The molecule has 3 heterocycles. The van der Waals surface area contributed by atoms with Crippen molar-refractivity contribution in [3.05, 3.63) is 0 Å². The van der Waals surface area contributed by atoms with Gasteiger partial charge >= 0.3 is 0 Å². The SMILES string of the molecule is CCC1C2CNCC2CN1CCOC1CCCCO1. The van der Waals surface area contributed by atoms with Crippen LogP contribution < -0.4 is 5.32 Å². The Bertz CT molecular complexity index is 281. The molecule has 19 heavy (non-hydrogen) atoms. The Hall–Kier alpha value is -0.160. The van der Waals surface area contributed by atoms with E-state index in [1.54, 1.807) is 0 Å². The molecule has 1 N–H and O–H groups in total. The Morgan fingerprint density at radius 3 is 3.05 bits per heavy atom. The van der Waals surface area contributed by atoms with Crippen molar-refractivity contribution >= 4 is 0 Å². The van der Waals surface area contributed by atoms with Crippen molar-refractivity contribution in [3.8, 4) is 0 Å². The van der Waals surface area contributed by atoms with Crippen molar-refractivity contribution in [1.82, 2.24) is 10.2 Å². The highest BCUT2D eigenvalue weighted by atomic mass is 16.7. The quantitative estimate of drug-likeness (QED) is 0.818. The predicted molar refractivity (Wildman–Crippen MR) is 75.0 cm³/mol. The normalized spacial score (nSPS) is 39.6. The highest BCUT2D eigenvalue weighted by Crippen LogP contribution is 2.33. The van der Waals surface area contributed by atoms with E-state index in [0.29, 0.717) is 0 Å². The van der Waals surface area contributed by atoms with Gasteiger partial charge in [0.05, 0.1) is 6.61 Å². The number of ether oxygens (including phenoxy) is 2. The average molecular weight is 268 g/mol. The van der Waals surface area contributed by atoms with Gasteiger partial charge in [-0.05, 0) is 50.6 Å². The molecular formula is C15H28N2O2. The summed E-state index contributed by atoms with van der Waals surface area (Å²) in [7, 11) is 0. The monoisotopic (exact) mass is 268 g/mol. The number of likely N-dealkylation sites (tertiary alicyclic amines) is 1. The molecular weight excluding hydrogens is 240 g/mol. The smallest absolute Gasteiger partial charge is 0.157 e. The lowest BCUT2D eigenvalue weighted by Crippen LogP contribution is -2.38. The fourth-order valence-electron chi connectivity index (χ4n) is 4.07. The summed E-state index contributed by atoms with van der Waals surface area (Å²) in [5.41, 5.74) is 0. The number of nitrogens with zero attached hydrogens (tertiary/aromatic N) is 1. The highest BCUT2D eigenvalue weighted by Gasteiger charge is 2.42. The predicted octanol–water partition coefficient (Wildman–Crippen LogP) is 1.46. The molecule has 0 radical (unpaired) electrons. The van der Waals surface area contributed by atoms with Gasteiger partial charge in [-0.15, -0.1) is 0 Å². The zero-order valence-corrected chi connectivity index (χ0v) is 12.1. The van der Waals surface area contributed by atoms with E-state index in [9.17, 15) is 0 Å². The van der Waals surface area contributed by atoms with E-state index in [4.69, 9.17) is 9.47 Å². The minimum absolute atomic E-state index is 0.0672. The fourth-order valence-corrected chi connectivity index (χ4v) is 4.07. The maximum atomic E-state index is 5.88. The lowest BCUT2D eigenvalue weighted by atomic mass is 9.93. The number of hydrogen-bond donors (Lipinski definition) is 1. The Balaban J connectivity index is 1.42. The molecule has 0 aromatic heterocycles. The van der Waals surface area contributed by atoms with Gasteiger partial charge in [-0.25, -0.2) is 0 Å². The summed E-state index contributed by atoms with van der Waals surface area (Å²) in [6, 6.07) is 0.760. The third-order valence-electron chi connectivity index (χ3n) is 5.06. The summed E-state index contributed by atoms with van der Waals surface area (Å²) in [6.07, 6.45) is 4.86. The summed E-state index contributed by atoms with van der Waals surface area (Å²) >= 11 is 0. The maximum absolute atomic E-state index is 5.88. The Morgan fingerprint density at radius 1 is 1.32 bits per heavy atom. The van der Waals surface area contributed by atoms with Crippen LogP contribution in [0.25, 0.3) is 0 Å². The lowest BCUT2D eigenvalue weighted by molar-refractivity contribution is -0.164. The largest absolute Gasteiger partial charge is 0.353 e. The molecule has 3 rings (SSSR count). The van der Waals surface area contributed by atoms with Gasteiger partial charge in [0, 0.05) is 25.7 Å². The van der Waals surface area contributed by atoms with Crippen molar-refractivity contribution in [2.75, 3.05) is 39.4 Å². The van der Waals surface area contributed by atoms with E-state index < -0.39 is 0 Å². The minimum Gasteiger partial charge on any atom is -0.353 e. The standard InChI is InChI=1S/C15H28N2O2/c1-2-14-13-10-16-9-12(13)11-17(14)6-8-19-15-5-3-4-7-18-15/h12-16H,2-11H2,1H3. The first-order chi connectivity index (χ1) is 9.38. The van der Waals surface area contributed by atoms with Crippen LogP contribution in [0.5, 0.6) is 0 Å². The second-order valence-electron chi connectivity index (χ2n) is 6.22. The van der Waals surface area contributed by atoms with Crippen LogP contribution in [-0.4, -0.2) is 56.6 Å². The van der Waals surface area contributed by atoms with Crippen LogP contribution in [0.2, 0.25) is 0 Å². The van der Waals surface area contributed by atoms with E-state index in [0.717, 1.165) is 44.1 Å². The molecule has 0 saturated carbocycles. The first kappa shape index (κ1) is 13.8. The second kappa shape index (κ2) is 6.53. The van der Waals surface area contributed by atoms with E-state index in [1.165, 1.54) is 38.9 Å². The Kier molecular flexibility index (Phi) is 4.74. The molecule has 4 unspecified atom stereocenters. The zero-order valence-electron chi connectivity index (χ0n) is 12.1. The molecule has 0 aromatic carbocycles. The Morgan fingerprint density at radius 2 is 2.26 bits per heavy atom. The number of nitrogens with one attached hydrogen (secondary N) is 1. The minimum atomic E-state index is 0.0672. The summed E-state index contributed by atoms with van der Waals surface area (Å²) in [5.74, 6) is 1.74. The number of hydrogen-bond acceptors (Lipinski definition) is 4. The van der Waals surface area contributed by atoms with Crippen molar-refractivity contribution in [2.45, 2.75) is 44.9 Å². The van der Waals surface area contributed by atoms with Gasteiger partial charge in [-0.1, -0.05) is 6.92 Å².